The number of carbonyl (C=O) groups is 2. The number of carboxylic acids is 1. The Balaban J connectivity index is 2.90. The second-order valence-corrected chi connectivity index (χ2v) is 4.48. The van der Waals surface area contributed by atoms with Crippen LogP contribution in [0.2, 0.25) is 0 Å². The number of nitrogens with one attached hydrogen (secondary N) is 1. The van der Waals surface area contributed by atoms with Crippen LogP contribution in [0.3, 0.4) is 0 Å². The summed E-state index contributed by atoms with van der Waals surface area (Å²) in [5.74, 6) is -1.67. The van der Waals surface area contributed by atoms with Gasteiger partial charge in [0, 0.05) is 6.04 Å². The van der Waals surface area contributed by atoms with Crippen LogP contribution in [0.15, 0.2) is 18.2 Å². The average molecular weight is 268 g/mol. The SMILES string of the molecule is Cc1cccc(F)c1NC(=O)N(CC(=O)O)C(C)C. The lowest BCUT2D eigenvalue weighted by atomic mass is 10.2. The molecule has 1 aromatic rings. The molecule has 104 valence electrons. The lowest BCUT2D eigenvalue weighted by molar-refractivity contribution is -0.137. The fourth-order valence-electron chi connectivity index (χ4n) is 1.60. The van der Waals surface area contributed by atoms with Crippen LogP contribution in [-0.2, 0) is 4.79 Å². The number of nitrogens with zero attached hydrogens (tertiary/aromatic N) is 1. The maximum atomic E-state index is 13.6. The van der Waals surface area contributed by atoms with Crippen molar-refractivity contribution in [2.75, 3.05) is 11.9 Å². The standard InChI is InChI=1S/C13H17FN2O3/c1-8(2)16(7-11(17)18)13(19)15-12-9(3)5-4-6-10(12)14/h4-6,8H,7H2,1-3H3,(H,15,19)(H,17,18). The zero-order valence-corrected chi connectivity index (χ0v) is 11.1. The molecule has 0 radical (unpaired) electrons. The van der Waals surface area contributed by atoms with Crippen molar-refractivity contribution in [1.82, 2.24) is 4.90 Å². The number of halogens is 1. The summed E-state index contributed by atoms with van der Waals surface area (Å²) < 4.78 is 13.6. The lowest BCUT2D eigenvalue weighted by Crippen LogP contribution is -2.43. The summed E-state index contributed by atoms with van der Waals surface area (Å²) in [7, 11) is 0. The molecule has 0 spiro atoms. The Morgan fingerprint density at radius 3 is 2.53 bits per heavy atom. The first-order valence-electron chi connectivity index (χ1n) is 5.87. The molecule has 1 aromatic carbocycles. The monoisotopic (exact) mass is 268 g/mol. The van der Waals surface area contributed by atoms with E-state index >= 15 is 0 Å². The summed E-state index contributed by atoms with van der Waals surface area (Å²) in [5, 5.41) is 11.2. The highest BCUT2D eigenvalue weighted by molar-refractivity contribution is 5.92. The number of carbonyl (C=O) groups excluding carboxylic acids is 1. The van der Waals surface area contributed by atoms with E-state index in [1.165, 1.54) is 12.1 Å². The first-order chi connectivity index (χ1) is 8.82. The summed E-state index contributed by atoms with van der Waals surface area (Å²) >= 11 is 0. The highest BCUT2D eigenvalue weighted by Gasteiger charge is 2.21. The maximum absolute atomic E-state index is 13.6. The van der Waals surface area contributed by atoms with Gasteiger partial charge < -0.3 is 15.3 Å². The second kappa shape index (κ2) is 6.17. The molecular formula is C13H17FN2O3. The number of anilines is 1. The molecule has 0 bridgehead atoms. The minimum absolute atomic E-state index is 0.0727. The highest BCUT2D eigenvalue weighted by Crippen LogP contribution is 2.19. The topological polar surface area (TPSA) is 69.6 Å². The number of amides is 2. The van der Waals surface area contributed by atoms with E-state index in [0.29, 0.717) is 5.56 Å². The molecule has 19 heavy (non-hydrogen) atoms. The lowest BCUT2D eigenvalue weighted by Gasteiger charge is -2.25. The molecule has 1 rings (SSSR count). The largest absolute Gasteiger partial charge is 0.480 e. The van der Waals surface area contributed by atoms with Crippen LogP contribution in [-0.4, -0.2) is 34.6 Å². The molecule has 0 heterocycles. The van der Waals surface area contributed by atoms with Crippen molar-refractivity contribution < 1.29 is 19.1 Å². The van der Waals surface area contributed by atoms with E-state index in [0.717, 1.165) is 4.90 Å². The van der Waals surface area contributed by atoms with E-state index < -0.39 is 24.4 Å². The number of rotatable bonds is 4. The number of carboxylic acid groups (broad SMARTS) is 1. The molecule has 0 aliphatic carbocycles. The third-order valence-corrected chi connectivity index (χ3v) is 2.64. The van der Waals surface area contributed by atoms with Gasteiger partial charge in [0.05, 0.1) is 5.69 Å². The second-order valence-electron chi connectivity index (χ2n) is 4.48. The van der Waals surface area contributed by atoms with Gasteiger partial charge in [0.25, 0.3) is 0 Å². The molecule has 2 N–H and O–H groups in total. The summed E-state index contributed by atoms with van der Waals surface area (Å²) in [4.78, 5) is 23.8. The Bertz CT molecular complexity index is 469. The predicted molar refractivity (Wildman–Crippen MR) is 69.6 cm³/mol. The fourth-order valence-corrected chi connectivity index (χ4v) is 1.60. The van der Waals surface area contributed by atoms with Crippen molar-refractivity contribution in [2.24, 2.45) is 0 Å². The van der Waals surface area contributed by atoms with E-state index in [2.05, 4.69) is 5.32 Å². The number of aryl methyl sites for hydroxylation is 1. The van der Waals surface area contributed by atoms with Crippen LogP contribution in [0.5, 0.6) is 0 Å². The molecule has 0 atom stereocenters. The van der Waals surface area contributed by atoms with Gasteiger partial charge in [0.1, 0.15) is 12.4 Å². The smallest absolute Gasteiger partial charge is 0.323 e. The van der Waals surface area contributed by atoms with Gasteiger partial charge in [-0.2, -0.15) is 0 Å². The van der Waals surface area contributed by atoms with Gasteiger partial charge in [-0.3, -0.25) is 4.79 Å². The Hall–Kier alpha value is -2.11. The number of para-hydroxylation sites is 1. The normalized spacial score (nSPS) is 10.4. The number of hydrogen-bond acceptors (Lipinski definition) is 2. The van der Waals surface area contributed by atoms with E-state index in [9.17, 15) is 14.0 Å². The van der Waals surface area contributed by atoms with E-state index in [1.807, 2.05) is 0 Å². The average Bonchev–Trinajstić information content (AvgIpc) is 2.30. The van der Waals surface area contributed by atoms with Gasteiger partial charge in [-0.1, -0.05) is 12.1 Å². The summed E-state index contributed by atoms with van der Waals surface area (Å²) in [6, 6.07) is 3.50. The van der Waals surface area contributed by atoms with Gasteiger partial charge >= 0.3 is 12.0 Å². The Labute approximate surface area is 111 Å². The van der Waals surface area contributed by atoms with Gasteiger partial charge in [-0.05, 0) is 32.4 Å². The van der Waals surface area contributed by atoms with Crippen molar-refractivity contribution in [3.8, 4) is 0 Å². The van der Waals surface area contributed by atoms with Crippen molar-refractivity contribution >= 4 is 17.7 Å². The Morgan fingerprint density at radius 2 is 2.05 bits per heavy atom. The number of aliphatic carboxylic acids is 1. The molecule has 6 heteroatoms. The first kappa shape index (κ1) is 14.9. The van der Waals surface area contributed by atoms with Crippen molar-refractivity contribution in [2.45, 2.75) is 26.8 Å². The van der Waals surface area contributed by atoms with Crippen LogP contribution < -0.4 is 5.32 Å². The summed E-state index contributed by atoms with van der Waals surface area (Å²) in [6.45, 7) is 4.61. The van der Waals surface area contributed by atoms with Gasteiger partial charge in [0.2, 0.25) is 0 Å². The summed E-state index contributed by atoms with van der Waals surface area (Å²) in [5.41, 5.74) is 0.649. The van der Waals surface area contributed by atoms with Gasteiger partial charge in [-0.25, -0.2) is 9.18 Å². The number of hydrogen-bond donors (Lipinski definition) is 2. The van der Waals surface area contributed by atoms with Crippen molar-refractivity contribution in [1.29, 1.82) is 0 Å². The van der Waals surface area contributed by atoms with Crippen molar-refractivity contribution in [3.05, 3.63) is 29.6 Å². The quantitative estimate of drug-likeness (QED) is 0.881. The van der Waals surface area contributed by atoms with Crippen LogP contribution >= 0.6 is 0 Å². The molecule has 2 amide bonds. The molecule has 0 saturated carbocycles. The zero-order valence-electron chi connectivity index (χ0n) is 11.1. The molecule has 0 aromatic heterocycles. The van der Waals surface area contributed by atoms with E-state index in [1.54, 1.807) is 26.8 Å². The first-order valence-corrected chi connectivity index (χ1v) is 5.87. The minimum atomic E-state index is -1.12. The van der Waals surface area contributed by atoms with Gasteiger partial charge in [-0.15, -0.1) is 0 Å². The third-order valence-electron chi connectivity index (χ3n) is 2.64. The fraction of sp³-hybridized carbons (Fsp3) is 0.385. The van der Waals surface area contributed by atoms with E-state index in [-0.39, 0.29) is 11.7 Å². The van der Waals surface area contributed by atoms with Gasteiger partial charge in [0.15, 0.2) is 0 Å². The van der Waals surface area contributed by atoms with Crippen LogP contribution in [0.25, 0.3) is 0 Å². The number of benzene rings is 1. The Kier molecular flexibility index (Phi) is 4.86. The summed E-state index contributed by atoms with van der Waals surface area (Å²) in [6.07, 6.45) is 0. The Morgan fingerprint density at radius 1 is 1.42 bits per heavy atom. The molecule has 0 aliphatic heterocycles. The molecule has 0 aliphatic rings. The maximum Gasteiger partial charge on any atom is 0.323 e. The van der Waals surface area contributed by atoms with Crippen LogP contribution in [0.4, 0.5) is 14.9 Å². The van der Waals surface area contributed by atoms with Crippen molar-refractivity contribution in [3.63, 3.8) is 0 Å². The molecule has 0 saturated heterocycles. The minimum Gasteiger partial charge on any atom is -0.480 e. The molecule has 0 fully saturated rings. The van der Waals surface area contributed by atoms with E-state index in [4.69, 9.17) is 5.11 Å². The molecule has 5 nitrogen and oxygen atoms in total. The van der Waals surface area contributed by atoms with Crippen LogP contribution in [0, 0.1) is 12.7 Å². The zero-order chi connectivity index (χ0) is 14.6. The highest BCUT2D eigenvalue weighted by atomic mass is 19.1. The molecular weight excluding hydrogens is 251 g/mol. The third kappa shape index (κ3) is 3.94. The van der Waals surface area contributed by atoms with Crippen LogP contribution in [0.1, 0.15) is 19.4 Å². The molecule has 0 unspecified atom stereocenters. The predicted octanol–water partition coefficient (Wildman–Crippen LogP) is 2.46. The number of urea groups is 1.